The van der Waals surface area contributed by atoms with E-state index in [1.807, 2.05) is 0 Å². The highest BCUT2D eigenvalue weighted by molar-refractivity contribution is 6.04. The summed E-state index contributed by atoms with van der Waals surface area (Å²) < 4.78 is 11.5. The highest BCUT2D eigenvalue weighted by atomic mass is 16.5. The third-order valence-corrected chi connectivity index (χ3v) is 7.08. The van der Waals surface area contributed by atoms with E-state index in [9.17, 15) is 24.6 Å². The van der Waals surface area contributed by atoms with Crippen molar-refractivity contribution in [3.05, 3.63) is 36.9 Å². The van der Waals surface area contributed by atoms with Crippen molar-refractivity contribution in [3.63, 3.8) is 0 Å². The number of β-amino-alcohol motifs (C(OH)–C–C–N with tert-alkyl or cyclic N) is 1. The lowest BCUT2D eigenvalue weighted by atomic mass is 9.66. The van der Waals surface area contributed by atoms with Gasteiger partial charge in [-0.1, -0.05) is 6.08 Å². The maximum Gasteiger partial charge on any atom is 0.310 e. The highest BCUT2D eigenvalue weighted by Gasteiger charge is 2.78. The standard InChI is InChI=1S/C23H28N2O7/c1-4-11-24(14-5-7-15(31-3)8-6-14)20(28)18-23-10-9-22(2,32-23)17(21(29)30)16(23)19(27)25(18)12-13-26/h4-8,16-18,26H,1,9-13H2,2-3H3,(H,29,30)/t16-,17+,18?,22-,23?/m0/s1. The molecule has 2 amide bonds. The zero-order valence-electron chi connectivity index (χ0n) is 18.2. The Morgan fingerprint density at radius 1 is 1.34 bits per heavy atom. The maximum atomic E-state index is 14.0. The number of ether oxygens (including phenoxy) is 2. The van der Waals surface area contributed by atoms with E-state index in [1.165, 1.54) is 9.80 Å². The zero-order chi connectivity index (χ0) is 23.3. The molecule has 0 radical (unpaired) electrons. The van der Waals surface area contributed by atoms with Gasteiger partial charge >= 0.3 is 5.97 Å². The van der Waals surface area contributed by atoms with Crippen LogP contribution in [0.3, 0.4) is 0 Å². The van der Waals surface area contributed by atoms with Crippen LogP contribution >= 0.6 is 0 Å². The summed E-state index contributed by atoms with van der Waals surface area (Å²) in [6.07, 6.45) is 2.42. The molecule has 4 rings (SSSR count). The average Bonchev–Trinajstić information content (AvgIpc) is 3.33. The average molecular weight is 444 g/mol. The van der Waals surface area contributed by atoms with Crippen LogP contribution in [0.2, 0.25) is 0 Å². The van der Waals surface area contributed by atoms with E-state index in [-0.39, 0.29) is 19.7 Å². The zero-order valence-corrected chi connectivity index (χ0v) is 18.2. The number of benzene rings is 1. The fourth-order valence-electron chi connectivity index (χ4n) is 5.79. The van der Waals surface area contributed by atoms with Gasteiger partial charge in [0, 0.05) is 18.8 Å². The number of aliphatic carboxylic acids is 1. The minimum absolute atomic E-state index is 0.0789. The fraction of sp³-hybridized carbons (Fsp3) is 0.522. The molecule has 5 atom stereocenters. The molecule has 3 saturated heterocycles. The second kappa shape index (κ2) is 7.90. The fourth-order valence-corrected chi connectivity index (χ4v) is 5.79. The van der Waals surface area contributed by atoms with Gasteiger partial charge in [-0.25, -0.2) is 0 Å². The summed E-state index contributed by atoms with van der Waals surface area (Å²) in [7, 11) is 1.55. The molecule has 9 nitrogen and oxygen atoms in total. The lowest BCUT2D eigenvalue weighted by Crippen LogP contribution is -2.56. The number of hydrogen-bond acceptors (Lipinski definition) is 6. The van der Waals surface area contributed by atoms with Crippen LogP contribution in [0.5, 0.6) is 5.75 Å². The number of aliphatic hydroxyl groups is 1. The number of rotatable bonds is 8. The van der Waals surface area contributed by atoms with E-state index < -0.39 is 46.9 Å². The molecule has 0 aliphatic carbocycles. The number of carbonyl (C=O) groups is 3. The van der Waals surface area contributed by atoms with Gasteiger partial charge in [-0.3, -0.25) is 14.4 Å². The summed E-state index contributed by atoms with van der Waals surface area (Å²) in [6.45, 7) is 5.21. The van der Waals surface area contributed by atoms with Crippen LogP contribution in [0.25, 0.3) is 0 Å². The van der Waals surface area contributed by atoms with Gasteiger partial charge in [0.1, 0.15) is 17.4 Å². The molecule has 172 valence electrons. The molecular weight excluding hydrogens is 416 g/mol. The molecule has 0 aromatic heterocycles. The first-order valence-corrected chi connectivity index (χ1v) is 10.6. The van der Waals surface area contributed by atoms with Crippen molar-refractivity contribution in [2.24, 2.45) is 11.8 Å². The van der Waals surface area contributed by atoms with Crippen LogP contribution in [0.4, 0.5) is 5.69 Å². The normalized spacial score (nSPS) is 32.7. The third-order valence-electron chi connectivity index (χ3n) is 7.08. The summed E-state index contributed by atoms with van der Waals surface area (Å²) in [5.41, 5.74) is -1.67. The Kier molecular flexibility index (Phi) is 5.50. The van der Waals surface area contributed by atoms with Gasteiger partial charge in [0.05, 0.1) is 31.2 Å². The summed E-state index contributed by atoms with van der Waals surface area (Å²) in [5, 5.41) is 19.5. The van der Waals surface area contributed by atoms with Crippen LogP contribution in [-0.4, -0.2) is 76.9 Å². The van der Waals surface area contributed by atoms with Gasteiger partial charge in [-0.2, -0.15) is 0 Å². The van der Waals surface area contributed by atoms with Crippen molar-refractivity contribution < 1.29 is 34.1 Å². The van der Waals surface area contributed by atoms with E-state index in [4.69, 9.17) is 9.47 Å². The van der Waals surface area contributed by atoms with Crippen molar-refractivity contribution in [1.82, 2.24) is 4.90 Å². The molecule has 2 unspecified atom stereocenters. The van der Waals surface area contributed by atoms with Crippen molar-refractivity contribution >= 4 is 23.5 Å². The van der Waals surface area contributed by atoms with Crippen LogP contribution in [0.15, 0.2) is 36.9 Å². The summed E-state index contributed by atoms with van der Waals surface area (Å²) in [5.74, 6) is -3.35. The van der Waals surface area contributed by atoms with E-state index in [1.54, 1.807) is 44.4 Å². The second-order valence-corrected chi connectivity index (χ2v) is 8.76. The SMILES string of the molecule is C=CCN(C(=O)C1N(CCO)C(=O)[C@@H]2[C@H](C(=O)O)[C@]3(C)CCC12O3)c1ccc(OC)cc1. The lowest BCUT2D eigenvalue weighted by molar-refractivity contribution is -0.154. The minimum Gasteiger partial charge on any atom is -0.497 e. The first-order chi connectivity index (χ1) is 15.2. The van der Waals surface area contributed by atoms with Gasteiger partial charge in [0.25, 0.3) is 5.91 Å². The van der Waals surface area contributed by atoms with Gasteiger partial charge in [-0.15, -0.1) is 6.58 Å². The monoisotopic (exact) mass is 444 g/mol. The van der Waals surface area contributed by atoms with Crippen molar-refractivity contribution in [3.8, 4) is 5.75 Å². The molecule has 2 bridgehead atoms. The molecule has 2 N–H and O–H groups in total. The Morgan fingerprint density at radius 2 is 2.03 bits per heavy atom. The van der Waals surface area contributed by atoms with E-state index in [0.29, 0.717) is 24.3 Å². The number of carboxylic acid groups (broad SMARTS) is 1. The first-order valence-electron chi connectivity index (χ1n) is 10.6. The Bertz CT molecular complexity index is 948. The number of anilines is 1. The predicted octanol–water partition coefficient (Wildman–Crippen LogP) is 1.06. The Labute approximate surface area is 186 Å². The molecule has 3 fully saturated rings. The van der Waals surface area contributed by atoms with Crippen LogP contribution in [0.1, 0.15) is 19.8 Å². The van der Waals surface area contributed by atoms with Crippen LogP contribution in [0, 0.1) is 11.8 Å². The molecule has 3 aliphatic rings. The smallest absolute Gasteiger partial charge is 0.310 e. The largest absolute Gasteiger partial charge is 0.497 e. The summed E-state index contributed by atoms with van der Waals surface area (Å²) in [4.78, 5) is 42.3. The number of amides is 2. The predicted molar refractivity (Wildman–Crippen MR) is 114 cm³/mol. The second-order valence-electron chi connectivity index (χ2n) is 8.76. The molecule has 1 aromatic carbocycles. The van der Waals surface area contributed by atoms with Crippen LogP contribution < -0.4 is 9.64 Å². The van der Waals surface area contributed by atoms with E-state index >= 15 is 0 Å². The third kappa shape index (κ3) is 3.02. The number of fused-ring (bicyclic) bond motifs is 1. The van der Waals surface area contributed by atoms with Gasteiger partial charge in [-0.05, 0) is 44.0 Å². The summed E-state index contributed by atoms with van der Waals surface area (Å²) >= 11 is 0. The van der Waals surface area contributed by atoms with E-state index in [0.717, 1.165) is 0 Å². The lowest BCUT2D eigenvalue weighted by Gasteiger charge is -2.36. The molecule has 1 aromatic rings. The number of carbonyl (C=O) groups excluding carboxylic acids is 2. The molecule has 0 saturated carbocycles. The van der Waals surface area contributed by atoms with Gasteiger partial charge in [0.2, 0.25) is 5.91 Å². The minimum atomic E-state index is -1.24. The number of aliphatic hydroxyl groups excluding tert-OH is 1. The molecule has 9 heteroatoms. The maximum absolute atomic E-state index is 14.0. The van der Waals surface area contributed by atoms with E-state index in [2.05, 4.69) is 6.58 Å². The highest BCUT2D eigenvalue weighted by Crippen LogP contribution is 2.63. The topological polar surface area (TPSA) is 117 Å². The molecule has 32 heavy (non-hydrogen) atoms. The van der Waals surface area contributed by atoms with Crippen molar-refractivity contribution in [2.75, 3.05) is 31.7 Å². The number of likely N-dealkylation sites (tertiary alicyclic amines) is 1. The Balaban J connectivity index is 1.78. The Morgan fingerprint density at radius 3 is 2.59 bits per heavy atom. The quantitative estimate of drug-likeness (QED) is 0.576. The van der Waals surface area contributed by atoms with Crippen molar-refractivity contribution in [1.29, 1.82) is 0 Å². The molecule has 1 spiro atoms. The Hall–Kier alpha value is -2.91. The van der Waals surface area contributed by atoms with Crippen LogP contribution in [-0.2, 0) is 19.1 Å². The van der Waals surface area contributed by atoms with Gasteiger partial charge in [0.15, 0.2) is 0 Å². The molecular formula is C23H28N2O7. The number of nitrogens with zero attached hydrogens (tertiary/aromatic N) is 2. The number of methoxy groups -OCH3 is 1. The van der Waals surface area contributed by atoms with Crippen molar-refractivity contribution in [2.45, 2.75) is 37.0 Å². The molecule has 3 aliphatic heterocycles. The first kappa shape index (κ1) is 22.3. The number of hydrogen-bond donors (Lipinski definition) is 2. The summed E-state index contributed by atoms with van der Waals surface area (Å²) in [6, 6.07) is 5.88. The molecule has 3 heterocycles. The number of carboxylic acids is 1. The van der Waals surface area contributed by atoms with Gasteiger partial charge < -0.3 is 29.5 Å².